The molecule has 2 rings (SSSR count). The van der Waals surface area contributed by atoms with E-state index < -0.39 is 5.97 Å². The van der Waals surface area contributed by atoms with Gasteiger partial charge in [-0.3, -0.25) is 0 Å². The first kappa shape index (κ1) is 12.4. The van der Waals surface area contributed by atoms with Crippen LogP contribution in [0.15, 0.2) is 36.4 Å². The average molecular weight is 244 g/mol. The zero-order chi connectivity index (χ0) is 13.2. The van der Waals surface area contributed by atoms with Gasteiger partial charge in [0.05, 0.1) is 0 Å². The molecule has 0 radical (unpaired) electrons. The SMILES string of the molecule is CC1(C)Cc2cccc(C=CC=CC(=O)O)c2O1. The highest BCUT2D eigenvalue weighted by Crippen LogP contribution is 2.37. The molecule has 0 atom stereocenters. The molecule has 0 fully saturated rings. The minimum absolute atomic E-state index is 0.164. The second kappa shape index (κ2) is 4.69. The van der Waals surface area contributed by atoms with Gasteiger partial charge in [-0.1, -0.05) is 36.4 Å². The first-order valence-corrected chi connectivity index (χ1v) is 5.86. The molecule has 1 N–H and O–H groups in total. The number of ether oxygens (including phenoxy) is 1. The summed E-state index contributed by atoms with van der Waals surface area (Å²) >= 11 is 0. The average Bonchev–Trinajstić information content (AvgIpc) is 2.58. The number of benzene rings is 1. The Kier molecular flexibility index (Phi) is 3.24. The van der Waals surface area contributed by atoms with Crippen molar-refractivity contribution in [1.29, 1.82) is 0 Å². The fourth-order valence-corrected chi connectivity index (χ4v) is 2.07. The normalized spacial score (nSPS) is 17.0. The van der Waals surface area contributed by atoms with E-state index in [0.29, 0.717) is 0 Å². The van der Waals surface area contributed by atoms with Crippen LogP contribution in [0.2, 0.25) is 0 Å². The molecule has 0 amide bonds. The molecule has 1 aromatic carbocycles. The molecular weight excluding hydrogens is 228 g/mol. The minimum atomic E-state index is -0.949. The molecule has 3 heteroatoms. The summed E-state index contributed by atoms with van der Waals surface area (Å²) < 4.78 is 5.91. The third-order valence-electron chi connectivity index (χ3n) is 2.75. The molecule has 0 saturated carbocycles. The molecular formula is C15H16O3. The zero-order valence-electron chi connectivity index (χ0n) is 10.5. The molecule has 0 bridgehead atoms. The summed E-state index contributed by atoms with van der Waals surface area (Å²) in [6, 6.07) is 6.02. The highest BCUT2D eigenvalue weighted by Gasteiger charge is 2.30. The number of para-hydroxylation sites is 1. The fourth-order valence-electron chi connectivity index (χ4n) is 2.07. The second-order valence-electron chi connectivity index (χ2n) is 4.93. The van der Waals surface area contributed by atoms with Crippen LogP contribution in [0.3, 0.4) is 0 Å². The van der Waals surface area contributed by atoms with Crippen molar-refractivity contribution >= 4 is 12.0 Å². The number of hydrogen-bond acceptors (Lipinski definition) is 2. The second-order valence-corrected chi connectivity index (χ2v) is 4.93. The van der Waals surface area contributed by atoms with Gasteiger partial charge in [0, 0.05) is 18.1 Å². The molecule has 1 heterocycles. The van der Waals surface area contributed by atoms with E-state index in [9.17, 15) is 4.79 Å². The Morgan fingerprint density at radius 1 is 1.39 bits per heavy atom. The summed E-state index contributed by atoms with van der Waals surface area (Å²) in [5, 5.41) is 8.49. The van der Waals surface area contributed by atoms with Crippen molar-refractivity contribution in [2.75, 3.05) is 0 Å². The maximum Gasteiger partial charge on any atom is 0.328 e. The highest BCUT2D eigenvalue weighted by atomic mass is 16.5. The molecule has 18 heavy (non-hydrogen) atoms. The number of carboxylic acids is 1. The van der Waals surface area contributed by atoms with E-state index in [1.165, 1.54) is 11.6 Å². The van der Waals surface area contributed by atoms with Crippen LogP contribution in [0.25, 0.3) is 6.08 Å². The van der Waals surface area contributed by atoms with Crippen molar-refractivity contribution < 1.29 is 14.6 Å². The highest BCUT2D eigenvalue weighted by molar-refractivity contribution is 5.80. The molecule has 1 aliphatic heterocycles. The number of fused-ring (bicyclic) bond motifs is 1. The van der Waals surface area contributed by atoms with Gasteiger partial charge in [0.25, 0.3) is 0 Å². The summed E-state index contributed by atoms with van der Waals surface area (Å²) in [6.45, 7) is 4.12. The van der Waals surface area contributed by atoms with Crippen molar-refractivity contribution in [1.82, 2.24) is 0 Å². The number of allylic oxidation sites excluding steroid dienone is 2. The van der Waals surface area contributed by atoms with Crippen LogP contribution in [0.1, 0.15) is 25.0 Å². The maximum atomic E-state index is 10.3. The van der Waals surface area contributed by atoms with Crippen molar-refractivity contribution in [2.24, 2.45) is 0 Å². The smallest absolute Gasteiger partial charge is 0.328 e. The Hall–Kier alpha value is -2.03. The largest absolute Gasteiger partial charge is 0.487 e. The van der Waals surface area contributed by atoms with E-state index in [0.717, 1.165) is 23.8 Å². The topological polar surface area (TPSA) is 46.5 Å². The van der Waals surface area contributed by atoms with Gasteiger partial charge in [0.15, 0.2) is 0 Å². The van der Waals surface area contributed by atoms with Crippen molar-refractivity contribution in [2.45, 2.75) is 25.9 Å². The van der Waals surface area contributed by atoms with Gasteiger partial charge in [-0.2, -0.15) is 0 Å². The number of carbonyl (C=O) groups is 1. The minimum Gasteiger partial charge on any atom is -0.487 e. The Morgan fingerprint density at radius 2 is 2.17 bits per heavy atom. The van der Waals surface area contributed by atoms with Crippen LogP contribution in [0, 0.1) is 0 Å². The maximum absolute atomic E-state index is 10.3. The van der Waals surface area contributed by atoms with E-state index in [4.69, 9.17) is 9.84 Å². The van der Waals surface area contributed by atoms with E-state index in [-0.39, 0.29) is 5.60 Å². The van der Waals surface area contributed by atoms with Gasteiger partial charge >= 0.3 is 5.97 Å². The van der Waals surface area contributed by atoms with Crippen LogP contribution in [0.4, 0.5) is 0 Å². The van der Waals surface area contributed by atoms with Crippen LogP contribution in [0.5, 0.6) is 5.75 Å². The van der Waals surface area contributed by atoms with Crippen molar-refractivity contribution in [3.8, 4) is 5.75 Å². The van der Waals surface area contributed by atoms with E-state index in [1.807, 2.05) is 18.2 Å². The summed E-state index contributed by atoms with van der Waals surface area (Å²) in [7, 11) is 0. The predicted octanol–water partition coefficient (Wildman–Crippen LogP) is 3.05. The molecule has 94 valence electrons. The van der Waals surface area contributed by atoms with Gasteiger partial charge in [0.1, 0.15) is 11.4 Å². The van der Waals surface area contributed by atoms with Gasteiger partial charge in [-0.15, -0.1) is 0 Å². The van der Waals surface area contributed by atoms with Gasteiger partial charge in [-0.25, -0.2) is 4.79 Å². The predicted molar refractivity (Wildman–Crippen MR) is 70.7 cm³/mol. The number of aliphatic carboxylic acids is 1. The molecule has 0 spiro atoms. The Bertz CT molecular complexity index is 525. The molecule has 3 nitrogen and oxygen atoms in total. The van der Waals surface area contributed by atoms with Gasteiger partial charge in [0.2, 0.25) is 0 Å². The van der Waals surface area contributed by atoms with Gasteiger partial charge in [-0.05, 0) is 19.4 Å². The Morgan fingerprint density at radius 3 is 2.89 bits per heavy atom. The lowest BCUT2D eigenvalue weighted by Crippen LogP contribution is -2.24. The van der Waals surface area contributed by atoms with Crippen molar-refractivity contribution in [3.05, 3.63) is 47.6 Å². The van der Waals surface area contributed by atoms with Crippen molar-refractivity contribution in [3.63, 3.8) is 0 Å². The Labute approximate surface area is 106 Å². The van der Waals surface area contributed by atoms with Gasteiger partial charge < -0.3 is 9.84 Å². The quantitative estimate of drug-likeness (QED) is 0.656. The first-order chi connectivity index (χ1) is 8.48. The van der Waals surface area contributed by atoms with E-state index >= 15 is 0 Å². The molecule has 0 unspecified atom stereocenters. The monoisotopic (exact) mass is 244 g/mol. The standard InChI is InChI=1S/C15H16O3/c1-15(2)10-12-8-5-7-11(14(12)18-15)6-3-4-9-13(16)17/h3-9H,10H2,1-2H3,(H,16,17). The summed E-state index contributed by atoms with van der Waals surface area (Å²) in [4.78, 5) is 10.3. The molecule has 1 aromatic rings. The Balaban J connectivity index is 2.22. The number of carboxylic acid groups (broad SMARTS) is 1. The third kappa shape index (κ3) is 2.80. The molecule has 0 aliphatic carbocycles. The number of rotatable bonds is 3. The lowest BCUT2D eigenvalue weighted by Gasteiger charge is -2.17. The molecule has 0 aromatic heterocycles. The molecule has 0 saturated heterocycles. The number of hydrogen-bond donors (Lipinski definition) is 1. The zero-order valence-corrected chi connectivity index (χ0v) is 10.5. The lowest BCUT2D eigenvalue weighted by molar-refractivity contribution is -0.131. The summed E-state index contributed by atoms with van der Waals surface area (Å²) in [6.07, 6.45) is 7.07. The van der Waals surface area contributed by atoms with Crippen LogP contribution >= 0.6 is 0 Å². The van der Waals surface area contributed by atoms with Crippen LogP contribution in [-0.2, 0) is 11.2 Å². The van der Waals surface area contributed by atoms with E-state index in [1.54, 1.807) is 6.08 Å². The lowest BCUT2D eigenvalue weighted by atomic mass is 10.0. The molecule has 1 aliphatic rings. The summed E-state index contributed by atoms with van der Waals surface area (Å²) in [5.74, 6) is -0.0437. The van der Waals surface area contributed by atoms with Crippen LogP contribution in [-0.4, -0.2) is 16.7 Å². The van der Waals surface area contributed by atoms with E-state index in [2.05, 4.69) is 19.9 Å². The van der Waals surface area contributed by atoms with Crippen LogP contribution < -0.4 is 4.74 Å². The summed E-state index contributed by atoms with van der Waals surface area (Å²) in [5.41, 5.74) is 2.01. The third-order valence-corrected chi connectivity index (χ3v) is 2.75. The first-order valence-electron chi connectivity index (χ1n) is 5.86. The fraction of sp³-hybridized carbons (Fsp3) is 0.267.